The van der Waals surface area contributed by atoms with E-state index in [9.17, 15) is 4.79 Å². The Morgan fingerprint density at radius 2 is 2.00 bits per heavy atom. The zero-order chi connectivity index (χ0) is 13.0. The molecule has 0 radical (unpaired) electrons. The second-order valence-electron chi connectivity index (χ2n) is 5.45. The van der Waals surface area contributed by atoms with E-state index in [1.54, 1.807) is 0 Å². The van der Waals surface area contributed by atoms with Gasteiger partial charge in [-0.25, -0.2) is 4.79 Å². The number of piperidine rings is 1. The van der Waals surface area contributed by atoms with Crippen molar-refractivity contribution < 1.29 is 9.53 Å². The van der Waals surface area contributed by atoms with Crippen LogP contribution in [0.1, 0.15) is 19.8 Å². The summed E-state index contributed by atoms with van der Waals surface area (Å²) in [5.74, 6) is 0.760. The Labute approximate surface area is 109 Å². The van der Waals surface area contributed by atoms with Crippen LogP contribution in [0.3, 0.4) is 0 Å². The predicted molar refractivity (Wildman–Crippen MR) is 70.6 cm³/mol. The van der Waals surface area contributed by atoms with Crippen LogP contribution >= 0.6 is 0 Å². The smallest absolute Gasteiger partial charge is 0.320 e. The first kappa shape index (κ1) is 13.6. The number of likely N-dealkylation sites (tertiary alicyclic amines) is 1. The Balaban J connectivity index is 1.84. The molecule has 1 unspecified atom stereocenters. The van der Waals surface area contributed by atoms with Crippen molar-refractivity contribution in [3.63, 3.8) is 0 Å². The van der Waals surface area contributed by atoms with Gasteiger partial charge in [0.25, 0.3) is 0 Å². The summed E-state index contributed by atoms with van der Waals surface area (Å²) in [5.41, 5.74) is 0. The van der Waals surface area contributed by atoms with Crippen LogP contribution in [0.4, 0.5) is 4.79 Å². The lowest BCUT2D eigenvalue weighted by Crippen LogP contribution is -2.54. The van der Waals surface area contributed by atoms with E-state index in [0.29, 0.717) is 13.2 Å². The number of ether oxygens (including phenoxy) is 1. The Morgan fingerprint density at radius 3 is 2.67 bits per heavy atom. The maximum absolute atomic E-state index is 12.4. The molecule has 2 aliphatic heterocycles. The summed E-state index contributed by atoms with van der Waals surface area (Å²) in [7, 11) is 1.91. The molecule has 0 saturated carbocycles. The van der Waals surface area contributed by atoms with Crippen molar-refractivity contribution >= 4 is 6.03 Å². The first-order chi connectivity index (χ1) is 8.70. The van der Waals surface area contributed by atoms with Crippen molar-refractivity contribution in [1.82, 2.24) is 15.1 Å². The van der Waals surface area contributed by atoms with Gasteiger partial charge in [-0.1, -0.05) is 6.92 Å². The molecule has 2 heterocycles. The van der Waals surface area contributed by atoms with Crippen molar-refractivity contribution in [3.05, 3.63) is 0 Å². The zero-order valence-electron chi connectivity index (χ0n) is 11.5. The monoisotopic (exact) mass is 255 g/mol. The van der Waals surface area contributed by atoms with Gasteiger partial charge in [-0.2, -0.15) is 0 Å². The number of morpholine rings is 1. The van der Waals surface area contributed by atoms with Crippen LogP contribution in [0.5, 0.6) is 0 Å². The summed E-state index contributed by atoms with van der Waals surface area (Å²) in [5, 5.41) is 3.11. The van der Waals surface area contributed by atoms with Crippen molar-refractivity contribution in [2.45, 2.75) is 25.9 Å². The third-order valence-electron chi connectivity index (χ3n) is 3.90. The molecule has 0 aliphatic carbocycles. The van der Waals surface area contributed by atoms with Gasteiger partial charge < -0.3 is 19.9 Å². The Hall–Kier alpha value is -0.810. The van der Waals surface area contributed by atoms with Gasteiger partial charge >= 0.3 is 6.03 Å². The maximum atomic E-state index is 12.4. The molecule has 0 bridgehead atoms. The molecule has 2 fully saturated rings. The van der Waals surface area contributed by atoms with Crippen LogP contribution in [-0.4, -0.2) is 68.3 Å². The number of rotatable bonds is 2. The minimum atomic E-state index is 0.136. The van der Waals surface area contributed by atoms with E-state index in [4.69, 9.17) is 4.74 Å². The summed E-state index contributed by atoms with van der Waals surface area (Å²) in [6.45, 7) is 6.99. The topological polar surface area (TPSA) is 44.8 Å². The molecular formula is C13H25N3O2. The zero-order valence-corrected chi connectivity index (χ0v) is 11.5. The van der Waals surface area contributed by atoms with E-state index < -0.39 is 0 Å². The van der Waals surface area contributed by atoms with Crippen LogP contribution < -0.4 is 5.32 Å². The summed E-state index contributed by atoms with van der Waals surface area (Å²) < 4.78 is 5.63. The van der Waals surface area contributed by atoms with Gasteiger partial charge in [-0.3, -0.25) is 0 Å². The fourth-order valence-electron chi connectivity index (χ4n) is 2.64. The largest absolute Gasteiger partial charge is 0.373 e. The number of urea groups is 1. The lowest BCUT2D eigenvalue weighted by atomic mass is 9.99. The van der Waals surface area contributed by atoms with Crippen LogP contribution in [0.2, 0.25) is 0 Å². The van der Waals surface area contributed by atoms with Gasteiger partial charge in [-0.15, -0.1) is 0 Å². The summed E-state index contributed by atoms with van der Waals surface area (Å²) in [4.78, 5) is 16.3. The first-order valence-corrected chi connectivity index (χ1v) is 7.00. The van der Waals surface area contributed by atoms with E-state index in [-0.39, 0.29) is 12.1 Å². The lowest BCUT2D eigenvalue weighted by molar-refractivity contribution is -0.0182. The SMILES string of the molecule is CNCC1CN(C(=O)N2CCC(C)CC2)CCO1. The van der Waals surface area contributed by atoms with Crippen molar-refractivity contribution in [2.24, 2.45) is 5.92 Å². The van der Waals surface area contributed by atoms with E-state index in [2.05, 4.69) is 12.2 Å². The van der Waals surface area contributed by atoms with E-state index >= 15 is 0 Å². The summed E-state index contributed by atoms with van der Waals surface area (Å²) in [6.07, 6.45) is 2.41. The second kappa shape index (κ2) is 6.38. The molecule has 104 valence electrons. The molecule has 0 aromatic heterocycles. The number of carbonyl (C=O) groups is 1. The molecule has 0 aromatic rings. The molecule has 1 atom stereocenters. The first-order valence-electron chi connectivity index (χ1n) is 7.00. The molecule has 2 amide bonds. The third-order valence-corrected chi connectivity index (χ3v) is 3.90. The van der Waals surface area contributed by atoms with Gasteiger partial charge in [0.2, 0.25) is 0 Å². The molecule has 5 nitrogen and oxygen atoms in total. The van der Waals surface area contributed by atoms with E-state index in [1.165, 1.54) is 0 Å². The fraction of sp³-hybridized carbons (Fsp3) is 0.923. The number of nitrogens with one attached hydrogen (secondary N) is 1. The number of hydrogen-bond acceptors (Lipinski definition) is 3. The molecular weight excluding hydrogens is 230 g/mol. The average Bonchev–Trinajstić information content (AvgIpc) is 2.39. The fourth-order valence-corrected chi connectivity index (χ4v) is 2.64. The third kappa shape index (κ3) is 3.36. The van der Waals surface area contributed by atoms with Crippen molar-refractivity contribution in [2.75, 3.05) is 46.4 Å². The van der Waals surface area contributed by atoms with Crippen LogP contribution in [0.15, 0.2) is 0 Å². The van der Waals surface area contributed by atoms with Crippen LogP contribution in [-0.2, 0) is 4.74 Å². The number of carbonyl (C=O) groups excluding carboxylic acids is 1. The highest BCUT2D eigenvalue weighted by Gasteiger charge is 2.28. The number of amides is 2. The Bertz CT molecular complexity index is 275. The number of hydrogen-bond donors (Lipinski definition) is 1. The van der Waals surface area contributed by atoms with Crippen molar-refractivity contribution in [3.8, 4) is 0 Å². The molecule has 2 aliphatic rings. The molecule has 0 aromatic carbocycles. The second-order valence-corrected chi connectivity index (χ2v) is 5.45. The normalized spacial score (nSPS) is 26.4. The molecule has 5 heteroatoms. The molecule has 2 saturated heterocycles. The molecule has 2 rings (SSSR count). The number of likely N-dealkylation sites (N-methyl/N-ethyl adjacent to an activating group) is 1. The minimum Gasteiger partial charge on any atom is -0.373 e. The lowest BCUT2D eigenvalue weighted by Gasteiger charge is -2.38. The van der Waals surface area contributed by atoms with Crippen LogP contribution in [0.25, 0.3) is 0 Å². The van der Waals surface area contributed by atoms with Gasteiger partial charge in [-0.05, 0) is 25.8 Å². The van der Waals surface area contributed by atoms with Gasteiger partial charge in [0.05, 0.1) is 12.7 Å². The Kier molecular flexibility index (Phi) is 4.83. The van der Waals surface area contributed by atoms with E-state index in [1.807, 2.05) is 16.8 Å². The van der Waals surface area contributed by atoms with Gasteiger partial charge in [0.1, 0.15) is 0 Å². The maximum Gasteiger partial charge on any atom is 0.320 e. The van der Waals surface area contributed by atoms with Crippen molar-refractivity contribution in [1.29, 1.82) is 0 Å². The van der Waals surface area contributed by atoms with Crippen LogP contribution in [0, 0.1) is 5.92 Å². The van der Waals surface area contributed by atoms with Gasteiger partial charge in [0.15, 0.2) is 0 Å². The summed E-state index contributed by atoms with van der Waals surface area (Å²) in [6, 6.07) is 0.200. The molecule has 0 spiro atoms. The number of nitrogens with zero attached hydrogens (tertiary/aromatic N) is 2. The Morgan fingerprint density at radius 1 is 1.28 bits per heavy atom. The molecule has 18 heavy (non-hydrogen) atoms. The highest BCUT2D eigenvalue weighted by molar-refractivity contribution is 5.74. The predicted octanol–water partition coefficient (Wildman–Crippen LogP) is 0.758. The minimum absolute atomic E-state index is 0.136. The quantitative estimate of drug-likeness (QED) is 0.792. The highest BCUT2D eigenvalue weighted by atomic mass is 16.5. The highest BCUT2D eigenvalue weighted by Crippen LogP contribution is 2.18. The standard InChI is InChI=1S/C13H25N3O2/c1-11-3-5-15(6-4-11)13(17)16-7-8-18-12(10-16)9-14-2/h11-12,14H,3-10H2,1-2H3. The molecule has 1 N–H and O–H groups in total. The van der Waals surface area contributed by atoms with E-state index in [0.717, 1.165) is 44.9 Å². The summed E-state index contributed by atoms with van der Waals surface area (Å²) >= 11 is 0. The average molecular weight is 255 g/mol. The van der Waals surface area contributed by atoms with Gasteiger partial charge in [0, 0.05) is 32.7 Å².